The molecule has 0 bridgehead atoms. The minimum Gasteiger partial charge on any atom is -0.266 e. The Morgan fingerprint density at radius 3 is 2.65 bits per heavy atom. The van der Waals surface area contributed by atoms with Gasteiger partial charge >= 0.3 is 0 Å². The second-order valence-corrected chi connectivity index (χ2v) is 8.38. The molecule has 0 saturated heterocycles. The van der Waals surface area contributed by atoms with Gasteiger partial charge in [0.05, 0.1) is 5.69 Å². The molecule has 2 aromatic rings. The van der Waals surface area contributed by atoms with Crippen molar-refractivity contribution in [2.75, 3.05) is 10.8 Å². The minimum absolute atomic E-state index is 0.455. The molecule has 1 aromatic carbocycles. The Kier molecular flexibility index (Phi) is 3.34. The molecule has 5 heteroatoms. The molecule has 106 valence electrons. The van der Waals surface area contributed by atoms with Crippen molar-refractivity contribution in [1.29, 1.82) is 0 Å². The second kappa shape index (κ2) is 4.90. The van der Waals surface area contributed by atoms with Crippen molar-refractivity contribution in [3.8, 4) is 0 Å². The van der Waals surface area contributed by atoms with Crippen LogP contribution in [0.5, 0.6) is 0 Å². The number of thiophene rings is 1. The Bertz CT molecular complexity index is 747. The fourth-order valence-corrected chi connectivity index (χ4v) is 5.80. The van der Waals surface area contributed by atoms with Gasteiger partial charge in [0.25, 0.3) is 10.0 Å². The van der Waals surface area contributed by atoms with Crippen molar-refractivity contribution in [1.82, 2.24) is 0 Å². The Labute approximate surface area is 123 Å². The Morgan fingerprint density at radius 1 is 1.20 bits per heavy atom. The van der Waals surface area contributed by atoms with Gasteiger partial charge in [0.2, 0.25) is 0 Å². The van der Waals surface area contributed by atoms with E-state index >= 15 is 0 Å². The summed E-state index contributed by atoms with van der Waals surface area (Å²) in [5, 5.41) is 0. The number of sulfonamides is 1. The third-order valence-corrected chi connectivity index (χ3v) is 6.67. The van der Waals surface area contributed by atoms with Crippen LogP contribution in [0.2, 0.25) is 0 Å². The number of hydrogen-bond donors (Lipinski definition) is 0. The first kappa shape index (κ1) is 13.6. The molecule has 0 atom stereocenters. The molecule has 0 radical (unpaired) electrons. The maximum Gasteiger partial charge on any atom is 0.265 e. The van der Waals surface area contributed by atoms with Crippen molar-refractivity contribution < 1.29 is 8.42 Å². The van der Waals surface area contributed by atoms with Gasteiger partial charge in [-0.2, -0.15) is 0 Å². The molecule has 1 aromatic heterocycles. The molecule has 3 nitrogen and oxygen atoms in total. The van der Waals surface area contributed by atoms with Gasteiger partial charge in [0.1, 0.15) is 4.90 Å². The summed E-state index contributed by atoms with van der Waals surface area (Å²) in [7, 11) is -3.44. The van der Waals surface area contributed by atoms with E-state index in [2.05, 4.69) is 0 Å². The largest absolute Gasteiger partial charge is 0.266 e. The normalized spacial score (nSPS) is 15.2. The summed E-state index contributed by atoms with van der Waals surface area (Å²) in [6, 6.07) is 9.57. The van der Waals surface area contributed by atoms with Gasteiger partial charge in [-0.05, 0) is 44.4 Å². The first-order valence-corrected chi connectivity index (χ1v) is 8.93. The monoisotopic (exact) mass is 307 g/mol. The number of hydrogen-bond acceptors (Lipinski definition) is 3. The van der Waals surface area contributed by atoms with Crippen LogP contribution in [0.4, 0.5) is 5.69 Å². The zero-order valence-corrected chi connectivity index (χ0v) is 13.2. The van der Waals surface area contributed by atoms with Crippen LogP contribution in [0, 0.1) is 13.8 Å². The zero-order chi connectivity index (χ0) is 14.3. The number of aryl methyl sites for hydroxylation is 3. The molecule has 0 aliphatic carbocycles. The highest BCUT2D eigenvalue weighted by Gasteiger charge is 2.30. The minimum atomic E-state index is -3.44. The maximum absolute atomic E-state index is 12.9. The molecule has 3 rings (SSSR count). The summed E-state index contributed by atoms with van der Waals surface area (Å²) in [4.78, 5) is 2.36. The van der Waals surface area contributed by atoms with E-state index in [-0.39, 0.29) is 0 Å². The van der Waals surface area contributed by atoms with Gasteiger partial charge in [-0.1, -0.05) is 18.2 Å². The topological polar surface area (TPSA) is 37.4 Å². The molecule has 1 aliphatic rings. The van der Waals surface area contributed by atoms with E-state index in [0.717, 1.165) is 33.8 Å². The summed E-state index contributed by atoms with van der Waals surface area (Å²) in [6.07, 6.45) is 1.82. The standard InChI is InChI=1S/C15H17NO2S2/c1-11-10-15(12(2)19-11)20(17,18)16-9-5-7-13-6-3-4-8-14(13)16/h3-4,6,8,10H,5,7,9H2,1-2H3. The van der Waals surface area contributed by atoms with Crippen LogP contribution in [-0.2, 0) is 16.4 Å². The van der Waals surface area contributed by atoms with Crippen molar-refractivity contribution in [2.24, 2.45) is 0 Å². The average Bonchev–Trinajstić information content (AvgIpc) is 2.78. The van der Waals surface area contributed by atoms with Gasteiger partial charge in [-0.15, -0.1) is 11.3 Å². The van der Waals surface area contributed by atoms with E-state index < -0.39 is 10.0 Å². The van der Waals surface area contributed by atoms with E-state index in [1.165, 1.54) is 11.3 Å². The zero-order valence-electron chi connectivity index (χ0n) is 11.6. The average molecular weight is 307 g/mol. The predicted octanol–water partition coefficient (Wildman–Crippen LogP) is 3.51. The van der Waals surface area contributed by atoms with Crippen LogP contribution < -0.4 is 4.31 Å². The van der Waals surface area contributed by atoms with Crippen LogP contribution in [0.25, 0.3) is 0 Å². The number of anilines is 1. The van der Waals surface area contributed by atoms with Crippen LogP contribution in [0.15, 0.2) is 35.2 Å². The van der Waals surface area contributed by atoms with Crippen LogP contribution in [0.1, 0.15) is 21.7 Å². The number of nitrogens with zero attached hydrogens (tertiary/aromatic N) is 1. The number of fused-ring (bicyclic) bond motifs is 1. The molecule has 2 heterocycles. The Morgan fingerprint density at radius 2 is 1.95 bits per heavy atom. The van der Waals surface area contributed by atoms with Gasteiger partial charge in [0.15, 0.2) is 0 Å². The quantitative estimate of drug-likeness (QED) is 0.851. The third kappa shape index (κ3) is 2.15. The first-order valence-electron chi connectivity index (χ1n) is 6.68. The lowest BCUT2D eigenvalue weighted by atomic mass is 10.0. The van der Waals surface area contributed by atoms with E-state index in [0.29, 0.717) is 11.4 Å². The Balaban J connectivity index is 2.12. The van der Waals surface area contributed by atoms with Crippen molar-refractivity contribution in [3.05, 3.63) is 45.6 Å². The van der Waals surface area contributed by atoms with E-state index in [4.69, 9.17) is 0 Å². The number of rotatable bonds is 2. The van der Waals surface area contributed by atoms with Crippen LogP contribution >= 0.6 is 11.3 Å². The fourth-order valence-electron chi connectivity index (χ4n) is 2.73. The van der Waals surface area contributed by atoms with Crippen molar-refractivity contribution >= 4 is 27.0 Å². The van der Waals surface area contributed by atoms with Gasteiger partial charge in [0, 0.05) is 16.3 Å². The number of para-hydroxylation sites is 1. The molecule has 0 spiro atoms. The molecule has 1 aliphatic heterocycles. The lowest BCUT2D eigenvalue weighted by molar-refractivity contribution is 0.586. The molecule has 0 fully saturated rings. The lowest BCUT2D eigenvalue weighted by Gasteiger charge is -2.30. The third-order valence-electron chi connectivity index (χ3n) is 3.63. The van der Waals surface area contributed by atoms with Crippen molar-refractivity contribution in [2.45, 2.75) is 31.6 Å². The lowest BCUT2D eigenvalue weighted by Crippen LogP contribution is -2.35. The smallest absolute Gasteiger partial charge is 0.265 e. The first-order chi connectivity index (χ1) is 9.50. The fraction of sp³-hybridized carbons (Fsp3) is 0.333. The summed E-state index contributed by atoms with van der Waals surface area (Å²) >= 11 is 1.54. The van der Waals surface area contributed by atoms with E-state index in [1.807, 2.05) is 38.1 Å². The Hall–Kier alpha value is -1.33. The van der Waals surface area contributed by atoms with Crippen LogP contribution in [0.3, 0.4) is 0 Å². The molecule has 0 N–H and O–H groups in total. The summed E-state index contributed by atoms with van der Waals surface area (Å²) in [5.41, 5.74) is 1.95. The summed E-state index contributed by atoms with van der Waals surface area (Å²) < 4.78 is 27.4. The number of benzene rings is 1. The summed E-state index contributed by atoms with van der Waals surface area (Å²) in [5.74, 6) is 0. The predicted molar refractivity (Wildman–Crippen MR) is 83.1 cm³/mol. The highest BCUT2D eigenvalue weighted by Crippen LogP contribution is 2.34. The maximum atomic E-state index is 12.9. The summed E-state index contributed by atoms with van der Waals surface area (Å²) in [6.45, 7) is 4.38. The molecular weight excluding hydrogens is 290 g/mol. The van der Waals surface area contributed by atoms with Gasteiger partial charge in [-0.3, -0.25) is 4.31 Å². The second-order valence-electron chi connectivity index (χ2n) is 5.09. The van der Waals surface area contributed by atoms with Crippen molar-refractivity contribution in [3.63, 3.8) is 0 Å². The highest BCUT2D eigenvalue weighted by atomic mass is 32.2. The molecule has 0 saturated carbocycles. The van der Waals surface area contributed by atoms with Gasteiger partial charge in [-0.25, -0.2) is 8.42 Å². The molecule has 0 unspecified atom stereocenters. The van der Waals surface area contributed by atoms with Gasteiger partial charge < -0.3 is 0 Å². The highest BCUT2D eigenvalue weighted by molar-refractivity contribution is 7.93. The van der Waals surface area contributed by atoms with Crippen LogP contribution in [-0.4, -0.2) is 15.0 Å². The SMILES string of the molecule is Cc1cc(S(=O)(=O)N2CCCc3ccccc32)c(C)s1. The molecule has 20 heavy (non-hydrogen) atoms. The van der Waals surface area contributed by atoms with E-state index in [1.54, 1.807) is 10.4 Å². The molecular formula is C15H17NO2S2. The van der Waals surface area contributed by atoms with E-state index in [9.17, 15) is 8.42 Å². The molecule has 0 amide bonds.